The lowest BCUT2D eigenvalue weighted by molar-refractivity contribution is 0.0948. The molecule has 1 aliphatic carbocycles. The summed E-state index contributed by atoms with van der Waals surface area (Å²) in [4.78, 5) is 17.2. The molecule has 3 aromatic rings. The number of aromatic nitrogens is 3. The van der Waals surface area contributed by atoms with Crippen LogP contribution in [0, 0.1) is 0 Å². The fraction of sp³-hybridized carbons (Fsp3) is 0.348. The standard InChI is InChI=1S/C23H26N4O3/c1-29-20-12-7-9-17(22(20)30-2)23(28)25-14-15-27-19-11-4-3-8-16(19)21(26-27)18-10-5-6-13-24-18/h5-7,9-10,12-13H,3-4,8,11,14-15H2,1-2H3,(H,25,28). The van der Waals surface area contributed by atoms with Crippen LogP contribution in [0.4, 0.5) is 0 Å². The number of nitrogens with one attached hydrogen (secondary N) is 1. The fourth-order valence-corrected chi connectivity index (χ4v) is 4.00. The highest BCUT2D eigenvalue weighted by molar-refractivity contribution is 5.97. The van der Waals surface area contributed by atoms with Crippen LogP contribution in [0.5, 0.6) is 11.5 Å². The maximum absolute atomic E-state index is 12.7. The zero-order valence-electron chi connectivity index (χ0n) is 17.4. The van der Waals surface area contributed by atoms with E-state index in [-0.39, 0.29) is 5.91 Å². The molecule has 0 radical (unpaired) electrons. The monoisotopic (exact) mass is 406 g/mol. The van der Waals surface area contributed by atoms with Gasteiger partial charge in [0, 0.05) is 24.0 Å². The van der Waals surface area contributed by atoms with Crippen LogP contribution in [0.3, 0.4) is 0 Å². The minimum atomic E-state index is -0.197. The molecule has 0 bridgehead atoms. The number of nitrogens with zero attached hydrogens (tertiary/aromatic N) is 3. The highest BCUT2D eigenvalue weighted by Gasteiger charge is 2.22. The number of ether oxygens (including phenoxy) is 2. The maximum atomic E-state index is 12.7. The summed E-state index contributed by atoms with van der Waals surface area (Å²) in [5.74, 6) is 0.773. The summed E-state index contributed by atoms with van der Waals surface area (Å²) in [5, 5.41) is 7.83. The third kappa shape index (κ3) is 3.87. The molecule has 0 atom stereocenters. The summed E-state index contributed by atoms with van der Waals surface area (Å²) in [7, 11) is 3.09. The van der Waals surface area contributed by atoms with Crippen LogP contribution in [0.1, 0.15) is 34.5 Å². The van der Waals surface area contributed by atoms with E-state index in [1.807, 2.05) is 22.9 Å². The molecule has 0 fully saturated rings. The summed E-state index contributed by atoms with van der Waals surface area (Å²) in [6.45, 7) is 1.07. The van der Waals surface area contributed by atoms with Crippen molar-refractivity contribution < 1.29 is 14.3 Å². The number of para-hydroxylation sites is 1. The topological polar surface area (TPSA) is 78.3 Å². The van der Waals surface area contributed by atoms with E-state index in [1.165, 1.54) is 24.8 Å². The van der Waals surface area contributed by atoms with Gasteiger partial charge in [-0.15, -0.1) is 0 Å². The zero-order chi connectivity index (χ0) is 20.9. The van der Waals surface area contributed by atoms with E-state index in [0.717, 1.165) is 30.7 Å². The Morgan fingerprint density at radius 2 is 1.97 bits per heavy atom. The van der Waals surface area contributed by atoms with Gasteiger partial charge in [-0.2, -0.15) is 5.10 Å². The van der Waals surface area contributed by atoms with E-state index in [1.54, 1.807) is 31.5 Å². The van der Waals surface area contributed by atoms with Gasteiger partial charge < -0.3 is 14.8 Å². The summed E-state index contributed by atoms with van der Waals surface area (Å²) in [5.41, 5.74) is 4.87. The molecule has 0 saturated heterocycles. The van der Waals surface area contributed by atoms with Gasteiger partial charge in [0.25, 0.3) is 5.91 Å². The zero-order valence-corrected chi connectivity index (χ0v) is 17.4. The van der Waals surface area contributed by atoms with Gasteiger partial charge >= 0.3 is 0 Å². The fourth-order valence-electron chi connectivity index (χ4n) is 4.00. The molecule has 0 unspecified atom stereocenters. The van der Waals surface area contributed by atoms with Crippen molar-refractivity contribution >= 4 is 5.91 Å². The smallest absolute Gasteiger partial charge is 0.255 e. The molecule has 1 amide bonds. The van der Waals surface area contributed by atoms with Crippen LogP contribution >= 0.6 is 0 Å². The summed E-state index contributed by atoms with van der Waals surface area (Å²) in [6, 6.07) is 11.2. The molecule has 156 valence electrons. The Labute approximate surface area is 176 Å². The van der Waals surface area contributed by atoms with E-state index in [0.29, 0.717) is 30.2 Å². The number of fused-ring (bicyclic) bond motifs is 1. The molecule has 7 heteroatoms. The molecule has 30 heavy (non-hydrogen) atoms. The van der Waals surface area contributed by atoms with Gasteiger partial charge in [0.2, 0.25) is 0 Å². The summed E-state index contributed by atoms with van der Waals surface area (Å²) < 4.78 is 12.7. The van der Waals surface area contributed by atoms with Gasteiger partial charge in [-0.05, 0) is 49.9 Å². The van der Waals surface area contributed by atoms with Crippen LogP contribution in [-0.2, 0) is 19.4 Å². The van der Waals surface area contributed by atoms with Crippen LogP contribution in [0.2, 0.25) is 0 Å². The molecule has 2 aromatic heterocycles. The lowest BCUT2D eigenvalue weighted by atomic mass is 9.95. The number of hydrogen-bond donors (Lipinski definition) is 1. The van der Waals surface area contributed by atoms with E-state index < -0.39 is 0 Å². The molecule has 1 aromatic carbocycles. The number of pyridine rings is 1. The Morgan fingerprint density at radius 3 is 2.73 bits per heavy atom. The summed E-state index contributed by atoms with van der Waals surface area (Å²) in [6.07, 6.45) is 6.16. The minimum absolute atomic E-state index is 0.197. The van der Waals surface area contributed by atoms with Crippen molar-refractivity contribution in [3.8, 4) is 22.9 Å². The second-order valence-electron chi connectivity index (χ2n) is 7.22. The number of benzene rings is 1. The molecule has 1 aliphatic rings. The first-order valence-corrected chi connectivity index (χ1v) is 10.2. The number of amides is 1. The van der Waals surface area contributed by atoms with Crippen molar-refractivity contribution in [3.63, 3.8) is 0 Å². The Kier molecular flexibility index (Phi) is 5.97. The number of methoxy groups -OCH3 is 2. The van der Waals surface area contributed by atoms with Gasteiger partial charge in [0.15, 0.2) is 11.5 Å². The van der Waals surface area contributed by atoms with Gasteiger partial charge in [-0.1, -0.05) is 12.1 Å². The predicted molar refractivity (Wildman–Crippen MR) is 114 cm³/mol. The second kappa shape index (κ2) is 8.98. The first-order chi connectivity index (χ1) is 14.7. The summed E-state index contributed by atoms with van der Waals surface area (Å²) >= 11 is 0. The maximum Gasteiger partial charge on any atom is 0.255 e. The van der Waals surface area contributed by atoms with E-state index in [2.05, 4.69) is 10.3 Å². The number of carbonyl (C=O) groups excluding carboxylic acids is 1. The van der Waals surface area contributed by atoms with Crippen molar-refractivity contribution in [1.29, 1.82) is 0 Å². The van der Waals surface area contributed by atoms with E-state index >= 15 is 0 Å². The number of carbonyl (C=O) groups is 1. The first-order valence-electron chi connectivity index (χ1n) is 10.2. The average Bonchev–Trinajstić information content (AvgIpc) is 3.17. The van der Waals surface area contributed by atoms with Gasteiger partial charge in [-0.3, -0.25) is 14.5 Å². The molecule has 0 spiro atoms. The van der Waals surface area contributed by atoms with Gasteiger partial charge in [0.05, 0.1) is 32.0 Å². The highest BCUT2D eigenvalue weighted by atomic mass is 16.5. The van der Waals surface area contributed by atoms with Crippen molar-refractivity contribution in [3.05, 3.63) is 59.4 Å². The Bertz CT molecular complexity index is 1030. The van der Waals surface area contributed by atoms with Crippen LogP contribution in [0.25, 0.3) is 11.4 Å². The molecule has 0 aliphatic heterocycles. The largest absolute Gasteiger partial charge is 0.493 e. The third-order valence-electron chi connectivity index (χ3n) is 5.42. The lowest BCUT2D eigenvalue weighted by Crippen LogP contribution is -2.28. The highest BCUT2D eigenvalue weighted by Crippen LogP contribution is 2.31. The van der Waals surface area contributed by atoms with Crippen molar-refractivity contribution in [2.75, 3.05) is 20.8 Å². The Hall–Kier alpha value is -3.35. The molecule has 7 nitrogen and oxygen atoms in total. The Morgan fingerprint density at radius 1 is 1.10 bits per heavy atom. The molecule has 4 rings (SSSR count). The van der Waals surface area contributed by atoms with Crippen LogP contribution < -0.4 is 14.8 Å². The normalized spacial score (nSPS) is 12.9. The third-order valence-corrected chi connectivity index (χ3v) is 5.42. The average molecular weight is 406 g/mol. The lowest BCUT2D eigenvalue weighted by Gasteiger charge is -2.15. The quantitative estimate of drug-likeness (QED) is 0.652. The Balaban J connectivity index is 1.50. The van der Waals surface area contributed by atoms with Crippen LogP contribution in [0.15, 0.2) is 42.6 Å². The predicted octanol–water partition coefficient (Wildman–Crippen LogP) is 3.27. The van der Waals surface area contributed by atoms with Gasteiger partial charge in [-0.25, -0.2) is 0 Å². The van der Waals surface area contributed by atoms with Crippen molar-refractivity contribution in [1.82, 2.24) is 20.1 Å². The van der Waals surface area contributed by atoms with Gasteiger partial charge in [0.1, 0.15) is 5.69 Å². The first kappa shape index (κ1) is 19.9. The van der Waals surface area contributed by atoms with E-state index in [4.69, 9.17) is 14.6 Å². The molecule has 2 heterocycles. The van der Waals surface area contributed by atoms with E-state index in [9.17, 15) is 4.79 Å². The van der Waals surface area contributed by atoms with Crippen molar-refractivity contribution in [2.45, 2.75) is 32.2 Å². The van der Waals surface area contributed by atoms with Crippen LogP contribution in [-0.4, -0.2) is 41.4 Å². The number of hydrogen-bond acceptors (Lipinski definition) is 5. The SMILES string of the molecule is COc1cccc(C(=O)NCCn2nc(-c3ccccn3)c3c2CCCC3)c1OC. The molecule has 0 saturated carbocycles. The molecular formula is C23H26N4O3. The number of rotatable bonds is 7. The van der Waals surface area contributed by atoms with Crippen molar-refractivity contribution in [2.24, 2.45) is 0 Å². The minimum Gasteiger partial charge on any atom is -0.493 e. The molecular weight excluding hydrogens is 380 g/mol. The molecule has 1 N–H and O–H groups in total. The second-order valence-corrected chi connectivity index (χ2v) is 7.22.